The smallest absolute Gasteiger partial charge is 0.246 e. The van der Waals surface area contributed by atoms with Crippen LogP contribution in [0.5, 0.6) is 0 Å². The van der Waals surface area contributed by atoms with Gasteiger partial charge in [-0.3, -0.25) is 4.79 Å². The second-order valence-corrected chi connectivity index (χ2v) is 11.8. The van der Waals surface area contributed by atoms with Crippen LogP contribution < -0.4 is 16.0 Å². The molecule has 0 bridgehead atoms. The Balaban J connectivity index is 2.14. The molecular formula is C32H44ClN5O2. The number of anilines is 2. The number of carbonyl (C=O) groups is 1. The van der Waals surface area contributed by atoms with E-state index < -0.39 is 0 Å². The number of amides is 1. The molecule has 0 aliphatic carbocycles. The monoisotopic (exact) mass is 565 g/mol. The van der Waals surface area contributed by atoms with Crippen LogP contribution in [-0.2, 0) is 9.53 Å². The summed E-state index contributed by atoms with van der Waals surface area (Å²) in [5.41, 5.74) is 12.1. The van der Waals surface area contributed by atoms with E-state index in [9.17, 15) is 10.1 Å². The van der Waals surface area contributed by atoms with Crippen LogP contribution in [-0.4, -0.2) is 37.4 Å². The van der Waals surface area contributed by atoms with E-state index >= 15 is 0 Å². The minimum Gasteiger partial charge on any atom is -0.402 e. The second kappa shape index (κ2) is 14.9. The molecule has 0 aromatic heterocycles. The highest BCUT2D eigenvalue weighted by Crippen LogP contribution is 2.34. The molecule has 0 radical (unpaired) electrons. The lowest BCUT2D eigenvalue weighted by molar-refractivity contribution is -0.127. The van der Waals surface area contributed by atoms with E-state index in [-0.39, 0.29) is 24.0 Å². The lowest BCUT2D eigenvalue weighted by atomic mass is 9.88. The lowest BCUT2D eigenvalue weighted by Gasteiger charge is -2.28. The van der Waals surface area contributed by atoms with Crippen molar-refractivity contribution in [3.05, 3.63) is 63.8 Å². The van der Waals surface area contributed by atoms with Gasteiger partial charge in [-0.15, -0.1) is 0 Å². The number of nitrogens with zero attached hydrogens (tertiary/aromatic N) is 2. The van der Waals surface area contributed by atoms with Gasteiger partial charge in [-0.05, 0) is 87.8 Å². The number of unbranched alkanes of at least 4 members (excludes halogenated alkanes) is 2. The summed E-state index contributed by atoms with van der Waals surface area (Å²) in [6, 6.07) is 13.7. The van der Waals surface area contributed by atoms with Crippen LogP contribution in [0.3, 0.4) is 0 Å². The number of ether oxygens (including phenoxy) is 1. The maximum atomic E-state index is 12.2. The van der Waals surface area contributed by atoms with Gasteiger partial charge in [-0.2, -0.15) is 5.26 Å². The van der Waals surface area contributed by atoms with Crippen LogP contribution >= 0.6 is 11.6 Å². The predicted molar refractivity (Wildman–Crippen MR) is 166 cm³/mol. The van der Waals surface area contributed by atoms with E-state index in [0.29, 0.717) is 35.1 Å². The Morgan fingerprint density at radius 2 is 1.88 bits per heavy atom. The number of carbonyl (C=O) groups excluding carboxylic acids is 1. The number of benzene rings is 2. The molecule has 0 spiro atoms. The topological polar surface area (TPSA) is 115 Å². The Hall–Kier alpha value is -3.34. The molecule has 4 N–H and O–H groups in total. The Bertz CT molecular complexity index is 1270. The Labute approximate surface area is 244 Å². The molecule has 8 heteroatoms. The summed E-state index contributed by atoms with van der Waals surface area (Å²) in [5, 5.41) is 21.0. The second-order valence-electron chi connectivity index (χ2n) is 11.4. The molecule has 40 heavy (non-hydrogen) atoms. The highest BCUT2D eigenvalue weighted by Gasteiger charge is 2.21. The van der Waals surface area contributed by atoms with Crippen LogP contribution in [0.4, 0.5) is 11.4 Å². The molecule has 0 saturated carbocycles. The van der Waals surface area contributed by atoms with Crippen molar-refractivity contribution in [1.82, 2.24) is 5.32 Å². The van der Waals surface area contributed by atoms with Crippen LogP contribution in [0, 0.1) is 29.1 Å². The molecule has 2 aromatic carbocycles. The van der Waals surface area contributed by atoms with Gasteiger partial charge in [-0.25, -0.2) is 0 Å². The van der Waals surface area contributed by atoms with E-state index in [0.717, 1.165) is 47.3 Å². The van der Waals surface area contributed by atoms with Crippen molar-refractivity contribution in [1.29, 1.82) is 10.7 Å². The standard InChI is InChI=1S/C32H44ClN5O2/c1-21-11-12-25(31(22(2)35)23(3)36)17-29(21)38(27-14-13-26(19-34)28(33)18-27)15-9-8-10-16-40-20-30(39)37-24(4)32(5,6)7/h11-14,17-18,24,35H,8-10,15-16,20,36H2,1-7H3,(H,37,39)/t24-/m1/s1. The van der Waals surface area contributed by atoms with Crippen molar-refractivity contribution in [2.75, 3.05) is 24.7 Å². The molecule has 2 aromatic rings. The van der Waals surface area contributed by atoms with Crippen LogP contribution in [0.2, 0.25) is 5.02 Å². The fourth-order valence-electron chi connectivity index (χ4n) is 4.26. The van der Waals surface area contributed by atoms with E-state index in [1.54, 1.807) is 13.0 Å². The normalized spacial score (nSPS) is 12.8. The van der Waals surface area contributed by atoms with Crippen molar-refractivity contribution in [2.45, 2.75) is 73.8 Å². The van der Waals surface area contributed by atoms with Crippen LogP contribution in [0.25, 0.3) is 5.57 Å². The Morgan fingerprint density at radius 1 is 1.18 bits per heavy atom. The molecule has 216 valence electrons. The third-order valence-electron chi connectivity index (χ3n) is 7.02. The van der Waals surface area contributed by atoms with Gasteiger partial charge in [0.15, 0.2) is 0 Å². The molecule has 0 aliphatic rings. The number of nitriles is 1. The molecule has 0 aliphatic heterocycles. The first-order valence-electron chi connectivity index (χ1n) is 13.7. The zero-order valence-corrected chi connectivity index (χ0v) is 25.7. The SMILES string of the molecule is CC(=N)C(=C(C)N)c1ccc(C)c(N(CCCCCOCC(=O)N[C@H](C)C(C)(C)C)c2ccc(C#N)c(Cl)c2)c1. The van der Waals surface area contributed by atoms with E-state index in [1.165, 1.54) is 0 Å². The molecule has 0 saturated heterocycles. The summed E-state index contributed by atoms with van der Waals surface area (Å²) in [6.45, 7) is 15.2. The maximum Gasteiger partial charge on any atom is 0.246 e. The van der Waals surface area contributed by atoms with Crippen molar-refractivity contribution in [2.24, 2.45) is 11.1 Å². The first kappa shape index (κ1) is 32.9. The number of hydrogen-bond acceptors (Lipinski definition) is 6. The molecule has 1 atom stereocenters. The van der Waals surface area contributed by atoms with Gasteiger partial charge >= 0.3 is 0 Å². The van der Waals surface area contributed by atoms with Crippen LogP contribution in [0.15, 0.2) is 42.1 Å². The fourth-order valence-corrected chi connectivity index (χ4v) is 4.48. The van der Waals surface area contributed by atoms with Crippen molar-refractivity contribution >= 4 is 40.2 Å². The minimum atomic E-state index is -0.0945. The van der Waals surface area contributed by atoms with E-state index in [2.05, 4.69) is 43.1 Å². The number of aryl methyl sites for hydroxylation is 1. The average molecular weight is 566 g/mol. The summed E-state index contributed by atoms with van der Waals surface area (Å²) < 4.78 is 5.62. The minimum absolute atomic E-state index is 0.00213. The van der Waals surface area contributed by atoms with Gasteiger partial charge in [0, 0.05) is 47.6 Å². The van der Waals surface area contributed by atoms with Gasteiger partial charge in [-0.1, -0.05) is 44.5 Å². The zero-order chi connectivity index (χ0) is 30.0. The lowest BCUT2D eigenvalue weighted by Crippen LogP contribution is -2.43. The van der Waals surface area contributed by atoms with E-state index in [1.807, 2.05) is 45.0 Å². The van der Waals surface area contributed by atoms with Crippen molar-refractivity contribution in [3.8, 4) is 6.07 Å². The average Bonchev–Trinajstić information content (AvgIpc) is 2.86. The van der Waals surface area contributed by atoms with E-state index in [4.69, 9.17) is 27.5 Å². The van der Waals surface area contributed by atoms with Crippen LogP contribution in [0.1, 0.15) is 77.5 Å². The molecule has 2 rings (SSSR count). The number of hydrogen-bond donors (Lipinski definition) is 3. The van der Waals surface area contributed by atoms with Gasteiger partial charge in [0.1, 0.15) is 12.7 Å². The number of rotatable bonds is 13. The molecular weight excluding hydrogens is 522 g/mol. The third kappa shape index (κ3) is 9.39. The number of nitrogens with two attached hydrogens (primary N) is 1. The fraction of sp³-hybridized carbons (Fsp3) is 0.469. The molecule has 0 fully saturated rings. The maximum absolute atomic E-state index is 12.2. The Morgan fingerprint density at radius 3 is 2.45 bits per heavy atom. The van der Waals surface area contributed by atoms with Crippen molar-refractivity contribution < 1.29 is 9.53 Å². The van der Waals surface area contributed by atoms with Gasteiger partial charge in [0.05, 0.1) is 10.6 Å². The summed E-state index contributed by atoms with van der Waals surface area (Å²) >= 11 is 6.42. The van der Waals surface area contributed by atoms with Gasteiger partial charge in [0.2, 0.25) is 5.91 Å². The molecule has 7 nitrogen and oxygen atoms in total. The highest BCUT2D eigenvalue weighted by atomic mass is 35.5. The van der Waals surface area contributed by atoms with Gasteiger partial charge in [0.25, 0.3) is 0 Å². The largest absolute Gasteiger partial charge is 0.402 e. The molecule has 0 heterocycles. The zero-order valence-electron chi connectivity index (χ0n) is 25.0. The molecule has 0 unspecified atom stereocenters. The highest BCUT2D eigenvalue weighted by molar-refractivity contribution is 6.32. The number of nitrogens with one attached hydrogen (secondary N) is 2. The summed E-state index contributed by atoms with van der Waals surface area (Å²) in [6.07, 6.45) is 2.61. The number of allylic oxidation sites excluding steroid dienone is 2. The number of halogens is 1. The summed E-state index contributed by atoms with van der Waals surface area (Å²) in [7, 11) is 0. The molecule has 1 amide bonds. The Kier molecular flexibility index (Phi) is 12.2. The summed E-state index contributed by atoms with van der Waals surface area (Å²) in [4.78, 5) is 14.3. The third-order valence-corrected chi connectivity index (χ3v) is 7.34. The van der Waals surface area contributed by atoms with Crippen molar-refractivity contribution in [3.63, 3.8) is 0 Å². The van der Waals surface area contributed by atoms with Gasteiger partial charge < -0.3 is 26.1 Å². The quantitative estimate of drug-likeness (QED) is 0.176. The predicted octanol–water partition coefficient (Wildman–Crippen LogP) is 7.13. The summed E-state index contributed by atoms with van der Waals surface area (Å²) in [5.74, 6) is -0.0945. The first-order valence-corrected chi connectivity index (χ1v) is 14.1. The first-order chi connectivity index (χ1) is 18.8.